The predicted molar refractivity (Wildman–Crippen MR) is 72.9 cm³/mol. The highest BCUT2D eigenvalue weighted by Gasteiger charge is 2.29. The summed E-state index contributed by atoms with van der Waals surface area (Å²) in [5, 5.41) is 9.12. The highest BCUT2D eigenvalue weighted by molar-refractivity contribution is 5.17. The van der Waals surface area contributed by atoms with Crippen molar-refractivity contribution < 1.29 is 8.78 Å². The number of piperazine rings is 1. The van der Waals surface area contributed by atoms with Crippen molar-refractivity contribution in [3.63, 3.8) is 0 Å². The number of nitriles is 1. The zero-order valence-electron chi connectivity index (χ0n) is 11.9. The van der Waals surface area contributed by atoms with E-state index in [1.54, 1.807) is 6.07 Å². The summed E-state index contributed by atoms with van der Waals surface area (Å²) in [6, 6.07) is 6.34. The SMILES string of the molecule is CC(C)(C#N)N1CCN(Cc2ccc(F)c(F)c2)CC1. The topological polar surface area (TPSA) is 30.3 Å². The molecule has 1 aliphatic heterocycles. The average Bonchev–Trinajstić information content (AvgIpc) is 2.43. The van der Waals surface area contributed by atoms with E-state index >= 15 is 0 Å². The molecule has 0 spiro atoms. The minimum absolute atomic E-state index is 0.450. The van der Waals surface area contributed by atoms with Crippen molar-refractivity contribution in [3.05, 3.63) is 35.4 Å². The number of hydrogen-bond donors (Lipinski definition) is 0. The van der Waals surface area contributed by atoms with E-state index in [0.717, 1.165) is 31.7 Å². The van der Waals surface area contributed by atoms with Gasteiger partial charge in [-0.3, -0.25) is 9.80 Å². The standard InChI is InChI=1S/C15H19F2N3/c1-15(2,11-18)20-7-5-19(6-8-20)10-12-3-4-13(16)14(17)9-12/h3-4,9H,5-8,10H2,1-2H3. The number of halogens is 2. The lowest BCUT2D eigenvalue weighted by Gasteiger charge is -2.40. The Hall–Kier alpha value is -1.51. The van der Waals surface area contributed by atoms with Gasteiger partial charge in [-0.05, 0) is 31.5 Å². The van der Waals surface area contributed by atoms with Gasteiger partial charge in [0.25, 0.3) is 0 Å². The third-order valence-corrected chi connectivity index (χ3v) is 3.83. The lowest BCUT2D eigenvalue weighted by atomic mass is 10.0. The van der Waals surface area contributed by atoms with Gasteiger partial charge in [0.15, 0.2) is 11.6 Å². The summed E-state index contributed by atoms with van der Waals surface area (Å²) in [5.74, 6) is -1.61. The molecule has 108 valence electrons. The van der Waals surface area contributed by atoms with Crippen LogP contribution in [0.3, 0.4) is 0 Å². The molecule has 1 aromatic carbocycles. The number of rotatable bonds is 3. The number of benzene rings is 1. The van der Waals surface area contributed by atoms with Gasteiger partial charge in [0, 0.05) is 32.7 Å². The fourth-order valence-electron chi connectivity index (χ4n) is 2.43. The van der Waals surface area contributed by atoms with Crippen LogP contribution in [-0.2, 0) is 6.54 Å². The van der Waals surface area contributed by atoms with Crippen LogP contribution in [-0.4, -0.2) is 41.5 Å². The van der Waals surface area contributed by atoms with Gasteiger partial charge in [-0.25, -0.2) is 8.78 Å². The molecule has 0 bridgehead atoms. The first kappa shape index (κ1) is 14.9. The second-order valence-corrected chi connectivity index (χ2v) is 5.68. The summed E-state index contributed by atoms with van der Waals surface area (Å²) in [4.78, 5) is 4.34. The lowest BCUT2D eigenvalue weighted by molar-refractivity contribution is 0.0763. The zero-order valence-corrected chi connectivity index (χ0v) is 11.9. The van der Waals surface area contributed by atoms with Gasteiger partial charge in [-0.1, -0.05) is 6.07 Å². The van der Waals surface area contributed by atoms with Gasteiger partial charge >= 0.3 is 0 Å². The van der Waals surface area contributed by atoms with Gasteiger partial charge in [0.1, 0.15) is 5.54 Å². The third kappa shape index (κ3) is 3.33. The fraction of sp³-hybridized carbons (Fsp3) is 0.533. The van der Waals surface area contributed by atoms with Crippen molar-refractivity contribution in [2.75, 3.05) is 26.2 Å². The summed E-state index contributed by atoms with van der Waals surface area (Å²) in [5.41, 5.74) is 0.325. The molecule has 20 heavy (non-hydrogen) atoms. The van der Waals surface area contributed by atoms with Crippen LogP contribution in [0.1, 0.15) is 19.4 Å². The molecule has 1 heterocycles. The van der Waals surface area contributed by atoms with Crippen molar-refractivity contribution in [3.8, 4) is 6.07 Å². The summed E-state index contributed by atoms with van der Waals surface area (Å²) >= 11 is 0. The lowest BCUT2D eigenvalue weighted by Crippen LogP contribution is -2.53. The van der Waals surface area contributed by atoms with Crippen LogP contribution in [0, 0.1) is 23.0 Å². The Morgan fingerprint density at radius 3 is 2.35 bits per heavy atom. The van der Waals surface area contributed by atoms with Crippen LogP contribution in [0.2, 0.25) is 0 Å². The molecule has 0 radical (unpaired) electrons. The maximum atomic E-state index is 13.2. The van der Waals surface area contributed by atoms with Crippen molar-refractivity contribution in [2.24, 2.45) is 0 Å². The molecule has 5 heteroatoms. The van der Waals surface area contributed by atoms with E-state index in [-0.39, 0.29) is 0 Å². The minimum atomic E-state index is -0.811. The van der Waals surface area contributed by atoms with Crippen LogP contribution < -0.4 is 0 Å². The normalized spacial score (nSPS) is 17.9. The zero-order chi connectivity index (χ0) is 14.8. The molecule has 0 atom stereocenters. The number of nitrogens with zero attached hydrogens (tertiary/aromatic N) is 3. The average molecular weight is 279 g/mol. The van der Waals surface area contributed by atoms with Gasteiger partial charge in [0.2, 0.25) is 0 Å². The van der Waals surface area contributed by atoms with E-state index < -0.39 is 17.2 Å². The molecule has 0 amide bonds. The molecule has 0 saturated carbocycles. The molecule has 0 aliphatic carbocycles. The van der Waals surface area contributed by atoms with Gasteiger partial charge < -0.3 is 0 Å². The number of hydrogen-bond acceptors (Lipinski definition) is 3. The largest absolute Gasteiger partial charge is 0.297 e. The monoisotopic (exact) mass is 279 g/mol. The summed E-state index contributed by atoms with van der Waals surface area (Å²) < 4.78 is 26.0. The Morgan fingerprint density at radius 1 is 1.15 bits per heavy atom. The first-order valence-electron chi connectivity index (χ1n) is 6.75. The Balaban J connectivity index is 1.92. The highest BCUT2D eigenvalue weighted by atomic mass is 19.2. The first-order valence-corrected chi connectivity index (χ1v) is 6.75. The highest BCUT2D eigenvalue weighted by Crippen LogP contribution is 2.17. The Morgan fingerprint density at radius 2 is 1.80 bits per heavy atom. The molecule has 0 N–H and O–H groups in total. The van der Waals surface area contributed by atoms with Crippen LogP contribution in [0.25, 0.3) is 0 Å². The molecule has 0 aromatic heterocycles. The molecule has 1 saturated heterocycles. The van der Waals surface area contributed by atoms with E-state index in [4.69, 9.17) is 5.26 Å². The summed E-state index contributed by atoms with van der Waals surface area (Å²) in [7, 11) is 0. The molecular weight excluding hydrogens is 260 g/mol. The Kier molecular flexibility index (Phi) is 4.36. The quantitative estimate of drug-likeness (QED) is 0.851. The van der Waals surface area contributed by atoms with E-state index in [1.807, 2.05) is 13.8 Å². The molecule has 3 nitrogen and oxygen atoms in total. The van der Waals surface area contributed by atoms with Crippen molar-refractivity contribution >= 4 is 0 Å². The minimum Gasteiger partial charge on any atom is -0.297 e. The smallest absolute Gasteiger partial charge is 0.159 e. The Bertz CT molecular complexity index is 514. The molecule has 2 rings (SSSR count). The fourth-order valence-corrected chi connectivity index (χ4v) is 2.43. The third-order valence-electron chi connectivity index (χ3n) is 3.83. The maximum Gasteiger partial charge on any atom is 0.159 e. The second kappa shape index (κ2) is 5.86. The molecule has 1 aromatic rings. The van der Waals surface area contributed by atoms with E-state index in [0.29, 0.717) is 6.54 Å². The van der Waals surface area contributed by atoms with Gasteiger partial charge in [0.05, 0.1) is 6.07 Å². The van der Waals surface area contributed by atoms with Crippen LogP contribution in [0.4, 0.5) is 8.78 Å². The predicted octanol–water partition coefficient (Wildman–Crippen LogP) is 2.38. The van der Waals surface area contributed by atoms with E-state index in [2.05, 4.69) is 15.9 Å². The van der Waals surface area contributed by atoms with Crippen molar-refractivity contribution in [1.29, 1.82) is 5.26 Å². The summed E-state index contributed by atoms with van der Waals surface area (Å²) in [6.45, 7) is 7.71. The van der Waals surface area contributed by atoms with Gasteiger partial charge in [-0.2, -0.15) is 5.26 Å². The molecule has 1 fully saturated rings. The van der Waals surface area contributed by atoms with Crippen molar-refractivity contribution in [2.45, 2.75) is 25.9 Å². The van der Waals surface area contributed by atoms with E-state index in [1.165, 1.54) is 12.1 Å². The molecular formula is C15H19F2N3. The summed E-state index contributed by atoms with van der Waals surface area (Å²) in [6.07, 6.45) is 0. The first-order chi connectivity index (χ1) is 9.42. The molecule has 1 aliphatic rings. The Labute approximate surface area is 118 Å². The van der Waals surface area contributed by atoms with Crippen molar-refractivity contribution in [1.82, 2.24) is 9.80 Å². The van der Waals surface area contributed by atoms with Crippen LogP contribution in [0.5, 0.6) is 0 Å². The maximum absolute atomic E-state index is 13.2. The second-order valence-electron chi connectivity index (χ2n) is 5.68. The van der Waals surface area contributed by atoms with Gasteiger partial charge in [-0.15, -0.1) is 0 Å². The van der Waals surface area contributed by atoms with E-state index in [9.17, 15) is 8.78 Å². The van der Waals surface area contributed by atoms with Crippen LogP contribution in [0.15, 0.2) is 18.2 Å². The van der Waals surface area contributed by atoms with Crippen LogP contribution >= 0.6 is 0 Å². The molecule has 0 unspecified atom stereocenters.